The van der Waals surface area contributed by atoms with Crippen LogP contribution in [0.5, 0.6) is 0 Å². The Labute approximate surface area is 155 Å². The number of carboxylic acids is 1. The van der Waals surface area contributed by atoms with Crippen LogP contribution < -0.4 is 5.32 Å². The van der Waals surface area contributed by atoms with Crippen molar-refractivity contribution < 1.29 is 24.3 Å². The number of benzene rings is 2. The minimum Gasteiger partial charge on any atom is -0.478 e. The predicted molar refractivity (Wildman–Crippen MR) is 98.2 cm³/mol. The van der Waals surface area contributed by atoms with Gasteiger partial charge in [0, 0.05) is 18.4 Å². The summed E-state index contributed by atoms with van der Waals surface area (Å²) in [6, 6.07) is 10.8. The molecule has 2 N–H and O–H groups in total. The molecule has 8 nitrogen and oxygen atoms in total. The number of hydrogen-bond donors (Lipinski definition) is 2. The van der Waals surface area contributed by atoms with Crippen molar-refractivity contribution in [1.29, 1.82) is 0 Å². The van der Waals surface area contributed by atoms with Gasteiger partial charge in [-0.05, 0) is 55.2 Å². The highest BCUT2D eigenvalue weighted by Gasteiger charge is 2.18. The summed E-state index contributed by atoms with van der Waals surface area (Å²) in [5, 5.41) is 23.3. The first-order valence-corrected chi connectivity index (χ1v) is 8.64. The molecule has 0 aromatic heterocycles. The van der Waals surface area contributed by atoms with E-state index in [0.29, 0.717) is 23.5 Å². The number of nitrogens with zero attached hydrogens (tertiary/aromatic N) is 1. The third-order valence-corrected chi connectivity index (χ3v) is 4.24. The van der Waals surface area contributed by atoms with Crippen molar-refractivity contribution >= 4 is 23.0 Å². The van der Waals surface area contributed by atoms with Gasteiger partial charge in [0.25, 0.3) is 5.69 Å². The van der Waals surface area contributed by atoms with E-state index in [-0.39, 0.29) is 24.1 Å². The summed E-state index contributed by atoms with van der Waals surface area (Å²) in [7, 11) is 0. The molecule has 1 aliphatic rings. The largest absolute Gasteiger partial charge is 0.478 e. The maximum Gasteiger partial charge on any atom is 0.335 e. The summed E-state index contributed by atoms with van der Waals surface area (Å²) in [4.78, 5) is 21.9. The minimum absolute atomic E-state index is 0.0806. The Bertz CT molecular complexity index is 815. The van der Waals surface area contributed by atoms with Crippen LogP contribution in [-0.2, 0) is 16.1 Å². The smallest absolute Gasteiger partial charge is 0.335 e. The number of nitro benzene ring substituents is 1. The van der Waals surface area contributed by atoms with Crippen LogP contribution in [0.1, 0.15) is 35.2 Å². The number of carbonyl (C=O) groups is 1. The Morgan fingerprint density at radius 1 is 1.26 bits per heavy atom. The van der Waals surface area contributed by atoms with E-state index in [2.05, 4.69) is 5.32 Å². The summed E-state index contributed by atoms with van der Waals surface area (Å²) in [6.07, 6.45) is 2.64. The highest BCUT2D eigenvalue weighted by Crippen LogP contribution is 2.29. The number of nitrogens with one attached hydrogen (secondary N) is 1. The minimum atomic E-state index is -1.03. The highest BCUT2D eigenvalue weighted by atomic mass is 16.7. The van der Waals surface area contributed by atoms with E-state index < -0.39 is 10.9 Å². The van der Waals surface area contributed by atoms with Crippen LogP contribution in [0.15, 0.2) is 42.5 Å². The number of rotatable bonds is 7. The molecule has 0 saturated carbocycles. The van der Waals surface area contributed by atoms with Crippen molar-refractivity contribution in [3.63, 3.8) is 0 Å². The number of anilines is 2. The summed E-state index contributed by atoms with van der Waals surface area (Å²) < 4.78 is 11.2. The van der Waals surface area contributed by atoms with Crippen molar-refractivity contribution in [2.45, 2.75) is 32.2 Å². The molecule has 1 atom stereocenters. The maximum atomic E-state index is 11.4. The van der Waals surface area contributed by atoms with Crippen molar-refractivity contribution in [3.8, 4) is 0 Å². The molecule has 0 radical (unpaired) electrons. The maximum absolute atomic E-state index is 11.4. The fourth-order valence-corrected chi connectivity index (χ4v) is 2.81. The molecular weight excluding hydrogens is 352 g/mol. The lowest BCUT2D eigenvalue weighted by Gasteiger charge is -2.22. The van der Waals surface area contributed by atoms with Crippen LogP contribution in [0.2, 0.25) is 0 Å². The third-order valence-electron chi connectivity index (χ3n) is 4.24. The summed E-state index contributed by atoms with van der Waals surface area (Å²) in [6.45, 7) is 0.910. The number of carboxylic acid groups (broad SMARTS) is 1. The Hall–Kier alpha value is -2.97. The Morgan fingerprint density at radius 3 is 2.67 bits per heavy atom. The van der Waals surface area contributed by atoms with Crippen molar-refractivity contribution in [2.75, 3.05) is 11.9 Å². The molecule has 0 aliphatic carbocycles. The molecular formula is C19H20N2O6. The van der Waals surface area contributed by atoms with Crippen LogP contribution in [0.25, 0.3) is 0 Å². The Balaban J connectivity index is 1.71. The lowest BCUT2D eigenvalue weighted by Crippen LogP contribution is -2.22. The van der Waals surface area contributed by atoms with Crippen LogP contribution in [-0.4, -0.2) is 28.9 Å². The monoisotopic (exact) mass is 372 g/mol. The van der Waals surface area contributed by atoms with E-state index in [1.807, 2.05) is 0 Å². The van der Waals surface area contributed by atoms with Crippen LogP contribution in [0.4, 0.5) is 17.1 Å². The number of hydrogen-bond acceptors (Lipinski definition) is 6. The summed E-state index contributed by atoms with van der Waals surface area (Å²) in [5.74, 6) is -1.03. The zero-order chi connectivity index (χ0) is 19.2. The standard InChI is InChI=1S/C19H20N2O6/c22-19(23)14-5-7-15(8-6-14)20-16-9-4-13(11-17(16)21(24)25)12-27-18-3-1-2-10-26-18/h4-9,11,18,20H,1-3,10,12H2,(H,22,23). The molecule has 1 fully saturated rings. The van der Waals surface area contributed by atoms with Gasteiger partial charge in [-0.3, -0.25) is 10.1 Å². The van der Waals surface area contributed by atoms with Crippen LogP contribution in [0, 0.1) is 10.1 Å². The van der Waals surface area contributed by atoms with Crippen LogP contribution >= 0.6 is 0 Å². The molecule has 142 valence electrons. The molecule has 1 saturated heterocycles. The van der Waals surface area contributed by atoms with Gasteiger partial charge in [0.1, 0.15) is 5.69 Å². The van der Waals surface area contributed by atoms with E-state index in [1.165, 1.54) is 18.2 Å². The first-order valence-electron chi connectivity index (χ1n) is 8.64. The third kappa shape index (κ3) is 5.02. The van der Waals surface area contributed by atoms with Gasteiger partial charge >= 0.3 is 5.97 Å². The lowest BCUT2D eigenvalue weighted by atomic mass is 10.1. The van der Waals surface area contributed by atoms with Gasteiger partial charge in [-0.2, -0.15) is 0 Å². The van der Waals surface area contributed by atoms with Gasteiger partial charge in [0.2, 0.25) is 0 Å². The second-order valence-electron chi connectivity index (χ2n) is 6.22. The van der Waals surface area contributed by atoms with Gasteiger partial charge in [0.15, 0.2) is 6.29 Å². The molecule has 1 aliphatic heterocycles. The van der Waals surface area contributed by atoms with Crippen molar-refractivity contribution in [2.24, 2.45) is 0 Å². The van der Waals surface area contributed by atoms with Gasteiger partial charge < -0.3 is 19.9 Å². The molecule has 1 heterocycles. The second-order valence-corrected chi connectivity index (χ2v) is 6.22. The van der Waals surface area contributed by atoms with Crippen molar-refractivity contribution in [1.82, 2.24) is 0 Å². The first kappa shape index (κ1) is 18.8. The van der Waals surface area contributed by atoms with E-state index in [1.54, 1.807) is 24.3 Å². The fraction of sp³-hybridized carbons (Fsp3) is 0.316. The number of nitro groups is 1. The van der Waals surface area contributed by atoms with E-state index in [4.69, 9.17) is 14.6 Å². The molecule has 1 unspecified atom stereocenters. The highest BCUT2D eigenvalue weighted by molar-refractivity contribution is 5.88. The average molecular weight is 372 g/mol. The lowest BCUT2D eigenvalue weighted by molar-refractivity contribution is -0.384. The molecule has 0 spiro atoms. The van der Waals surface area contributed by atoms with E-state index >= 15 is 0 Å². The summed E-state index contributed by atoms with van der Waals surface area (Å²) in [5.41, 5.74) is 1.63. The summed E-state index contributed by atoms with van der Waals surface area (Å²) >= 11 is 0. The SMILES string of the molecule is O=C(O)c1ccc(Nc2ccc(COC3CCCCO3)cc2[N+](=O)[O-])cc1. The fourth-order valence-electron chi connectivity index (χ4n) is 2.81. The predicted octanol–water partition coefficient (Wildman–Crippen LogP) is 4.08. The Kier molecular flexibility index (Phi) is 6.00. The van der Waals surface area contributed by atoms with E-state index in [0.717, 1.165) is 19.3 Å². The van der Waals surface area contributed by atoms with Gasteiger partial charge in [-0.1, -0.05) is 6.07 Å². The number of ether oxygens (including phenoxy) is 2. The quantitative estimate of drug-likeness (QED) is 0.556. The molecule has 2 aromatic rings. The topological polar surface area (TPSA) is 111 Å². The van der Waals surface area contributed by atoms with Crippen molar-refractivity contribution in [3.05, 3.63) is 63.7 Å². The number of aromatic carboxylic acids is 1. The first-order chi connectivity index (χ1) is 13.0. The van der Waals surface area contributed by atoms with E-state index in [9.17, 15) is 14.9 Å². The molecule has 0 amide bonds. The molecule has 3 rings (SSSR count). The molecule has 2 aromatic carbocycles. The second kappa shape index (κ2) is 8.61. The zero-order valence-electron chi connectivity index (χ0n) is 14.6. The zero-order valence-corrected chi connectivity index (χ0v) is 14.6. The Morgan fingerprint density at radius 2 is 2.04 bits per heavy atom. The normalized spacial score (nSPS) is 16.7. The van der Waals surface area contributed by atoms with Crippen LogP contribution in [0.3, 0.4) is 0 Å². The molecule has 8 heteroatoms. The molecule has 27 heavy (non-hydrogen) atoms. The molecule has 0 bridgehead atoms. The van der Waals surface area contributed by atoms with Gasteiger partial charge in [0.05, 0.1) is 17.1 Å². The van der Waals surface area contributed by atoms with Gasteiger partial charge in [-0.15, -0.1) is 0 Å². The average Bonchev–Trinajstić information content (AvgIpc) is 2.68. The van der Waals surface area contributed by atoms with Gasteiger partial charge in [-0.25, -0.2) is 4.79 Å².